The maximum atomic E-state index is 6.09. The molecule has 88 valence electrons. The fourth-order valence-corrected chi connectivity index (χ4v) is 2.60. The lowest BCUT2D eigenvalue weighted by Crippen LogP contribution is -2.52. The molecular weight excluding hydrogens is 204 g/mol. The van der Waals surface area contributed by atoms with Crippen molar-refractivity contribution in [1.29, 1.82) is 0 Å². The van der Waals surface area contributed by atoms with Crippen LogP contribution in [0.2, 0.25) is 0 Å². The maximum absolute atomic E-state index is 6.09. The molecule has 1 fully saturated rings. The summed E-state index contributed by atoms with van der Waals surface area (Å²) in [4.78, 5) is 0. The minimum Gasteiger partial charge on any atom is -0.471 e. The molecule has 1 aromatic heterocycles. The molecule has 0 aliphatic carbocycles. The first-order chi connectivity index (χ1) is 7.75. The molecule has 16 heavy (non-hydrogen) atoms. The fourth-order valence-electron chi connectivity index (χ4n) is 2.60. The van der Waals surface area contributed by atoms with Crippen molar-refractivity contribution >= 4 is 0 Å². The Bertz CT molecular complexity index is 401. The fraction of sp³-hybridized carbons (Fsp3) is 0.727. The van der Waals surface area contributed by atoms with Crippen LogP contribution in [0.25, 0.3) is 0 Å². The lowest BCUT2D eigenvalue weighted by atomic mass is 10.0. The summed E-state index contributed by atoms with van der Waals surface area (Å²) in [5.74, 6) is 0.932. The van der Waals surface area contributed by atoms with Crippen LogP contribution in [0.5, 0.6) is 5.88 Å². The van der Waals surface area contributed by atoms with Crippen LogP contribution >= 0.6 is 0 Å². The van der Waals surface area contributed by atoms with E-state index in [2.05, 4.69) is 15.7 Å². The SMILES string of the molecule is Cc1nn(C)c2c1CN[C@@H]1CCNC[C@H]1O2. The van der Waals surface area contributed by atoms with Crippen LogP contribution in [0.15, 0.2) is 0 Å². The van der Waals surface area contributed by atoms with Crippen molar-refractivity contribution in [2.24, 2.45) is 7.05 Å². The minimum atomic E-state index is 0.227. The van der Waals surface area contributed by atoms with Crippen molar-refractivity contribution in [1.82, 2.24) is 20.4 Å². The van der Waals surface area contributed by atoms with Gasteiger partial charge in [0.1, 0.15) is 6.10 Å². The second-order valence-corrected chi connectivity index (χ2v) is 4.63. The van der Waals surface area contributed by atoms with Gasteiger partial charge in [0.05, 0.1) is 11.3 Å². The molecule has 3 rings (SSSR count). The summed E-state index contributed by atoms with van der Waals surface area (Å²) in [5.41, 5.74) is 2.27. The first kappa shape index (κ1) is 10.1. The Labute approximate surface area is 95.2 Å². The van der Waals surface area contributed by atoms with E-state index in [4.69, 9.17) is 4.74 Å². The Morgan fingerprint density at radius 3 is 3.25 bits per heavy atom. The van der Waals surface area contributed by atoms with Crippen LogP contribution < -0.4 is 15.4 Å². The monoisotopic (exact) mass is 222 g/mol. The molecule has 0 radical (unpaired) electrons. The van der Waals surface area contributed by atoms with Gasteiger partial charge in [-0.15, -0.1) is 0 Å². The van der Waals surface area contributed by atoms with Crippen LogP contribution in [-0.4, -0.2) is 35.0 Å². The van der Waals surface area contributed by atoms with Gasteiger partial charge in [0.25, 0.3) is 0 Å². The second-order valence-electron chi connectivity index (χ2n) is 4.63. The number of rotatable bonds is 0. The Balaban J connectivity index is 1.93. The molecule has 3 heterocycles. The predicted octanol–water partition coefficient (Wildman–Crippen LogP) is -0.0590. The molecule has 0 spiro atoms. The van der Waals surface area contributed by atoms with Gasteiger partial charge in [-0.05, 0) is 19.9 Å². The Morgan fingerprint density at radius 1 is 1.50 bits per heavy atom. The highest BCUT2D eigenvalue weighted by atomic mass is 16.5. The smallest absolute Gasteiger partial charge is 0.216 e. The summed E-state index contributed by atoms with van der Waals surface area (Å²) in [5, 5.41) is 11.4. The van der Waals surface area contributed by atoms with Crippen LogP contribution in [-0.2, 0) is 13.6 Å². The van der Waals surface area contributed by atoms with E-state index >= 15 is 0 Å². The van der Waals surface area contributed by atoms with Crippen LogP contribution in [0.1, 0.15) is 17.7 Å². The highest BCUT2D eigenvalue weighted by molar-refractivity contribution is 5.32. The number of nitrogens with zero attached hydrogens (tertiary/aromatic N) is 2. The zero-order valence-corrected chi connectivity index (χ0v) is 9.79. The third kappa shape index (κ3) is 1.51. The molecule has 2 atom stereocenters. The molecule has 2 aliphatic heterocycles. The van der Waals surface area contributed by atoms with E-state index in [9.17, 15) is 0 Å². The average Bonchev–Trinajstić information content (AvgIpc) is 2.49. The van der Waals surface area contributed by atoms with Gasteiger partial charge in [0.2, 0.25) is 5.88 Å². The van der Waals surface area contributed by atoms with Crippen LogP contribution in [0.3, 0.4) is 0 Å². The molecule has 2 aliphatic rings. The lowest BCUT2D eigenvalue weighted by Gasteiger charge is -2.30. The van der Waals surface area contributed by atoms with E-state index in [1.165, 1.54) is 5.56 Å². The molecule has 0 aromatic carbocycles. The molecule has 5 heteroatoms. The first-order valence-corrected chi connectivity index (χ1v) is 5.89. The van der Waals surface area contributed by atoms with Gasteiger partial charge < -0.3 is 15.4 Å². The zero-order chi connectivity index (χ0) is 11.1. The van der Waals surface area contributed by atoms with E-state index in [0.29, 0.717) is 6.04 Å². The quantitative estimate of drug-likeness (QED) is 0.646. The third-order valence-electron chi connectivity index (χ3n) is 3.52. The zero-order valence-electron chi connectivity index (χ0n) is 9.79. The molecule has 1 saturated heterocycles. The Hall–Kier alpha value is -1.07. The van der Waals surface area contributed by atoms with Gasteiger partial charge in [-0.3, -0.25) is 0 Å². The Morgan fingerprint density at radius 2 is 2.38 bits per heavy atom. The van der Waals surface area contributed by atoms with Gasteiger partial charge in [0, 0.05) is 26.2 Å². The molecule has 0 saturated carbocycles. The first-order valence-electron chi connectivity index (χ1n) is 5.89. The van der Waals surface area contributed by atoms with Crippen molar-refractivity contribution in [3.05, 3.63) is 11.3 Å². The molecule has 0 unspecified atom stereocenters. The molecule has 1 aromatic rings. The molecular formula is C11H18N4O. The van der Waals surface area contributed by atoms with E-state index in [0.717, 1.165) is 37.6 Å². The number of piperidine rings is 1. The number of fused-ring (bicyclic) bond motifs is 2. The van der Waals surface area contributed by atoms with Crippen molar-refractivity contribution in [2.75, 3.05) is 13.1 Å². The molecule has 5 nitrogen and oxygen atoms in total. The van der Waals surface area contributed by atoms with Crippen LogP contribution in [0.4, 0.5) is 0 Å². The lowest BCUT2D eigenvalue weighted by molar-refractivity contribution is 0.124. The van der Waals surface area contributed by atoms with E-state index in [1.807, 2.05) is 18.7 Å². The molecule has 2 N–H and O–H groups in total. The summed E-state index contributed by atoms with van der Waals surface area (Å²) in [6.45, 7) is 4.90. The summed E-state index contributed by atoms with van der Waals surface area (Å²) < 4.78 is 7.94. The van der Waals surface area contributed by atoms with Crippen molar-refractivity contribution in [3.63, 3.8) is 0 Å². The van der Waals surface area contributed by atoms with Gasteiger partial charge in [-0.25, -0.2) is 4.68 Å². The summed E-state index contributed by atoms with van der Waals surface area (Å²) in [6, 6.07) is 0.466. The highest BCUT2D eigenvalue weighted by Crippen LogP contribution is 2.26. The van der Waals surface area contributed by atoms with E-state index in [-0.39, 0.29) is 6.10 Å². The predicted molar refractivity (Wildman–Crippen MR) is 60.5 cm³/mol. The second kappa shape index (κ2) is 3.75. The maximum Gasteiger partial charge on any atom is 0.216 e. The number of nitrogens with one attached hydrogen (secondary N) is 2. The number of ether oxygens (including phenoxy) is 1. The normalized spacial score (nSPS) is 28.9. The van der Waals surface area contributed by atoms with Crippen molar-refractivity contribution in [2.45, 2.75) is 32.0 Å². The number of hydrogen-bond donors (Lipinski definition) is 2. The van der Waals surface area contributed by atoms with E-state index in [1.54, 1.807) is 0 Å². The van der Waals surface area contributed by atoms with Gasteiger partial charge in [-0.1, -0.05) is 0 Å². The summed E-state index contributed by atoms with van der Waals surface area (Å²) in [6.07, 6.45) is 1.36. The summed E-state index contributed by atoms with van der Waals surface area (Å²) in [7, 11) is 1.95. The summed E-state index contributed by atoms with van der Waals surface area (Å²) >= 11 is 0. The van der Waals surface area contributed by atoms with Gasteiger partial charge in [0.15, 0.2) is 0 Å². The largest absolute Gasteiger partial charge is 0.471 e. The van der Waals surface area contributed by atoms with Gasteiger partial charge >= 0.3 is 0 Å². The molecule has 0 bridgehead atoms. The van der Waals surface area contributed by atoms with Crippen molar-refractivity contribution < 1.29 is 4.74 Å². The number of aromatic nitrogens is 2. The standard InChI is InChI=1S/C11H18N4O/c1-7-8-5-13-9-3-4-12-6-10(9)16-11(8)15(2)14-7/h9-10,12-13H,3-6H2,1-2H3/t9-,10-/m1/s1. The van der Waals surface area contributed by atoms with E-state index < -0.39 is 0 Å². The highest BCUT2D eigenvalue weighted by Gasteiger charge is 2.31. The van der Waals surface area contributed by atoms with Crippen molar-refractivity contribution in [3.8, 4) is 5.88 Å². The molecule has 0 amide bonds. The number of aryl methyl sites for hydroxylation is 2. The minimum absolute atomic E-state index is 0.227. The van der Waals surface area contributed by atoms with Gasteiger partial charge in [-0.2, -0.15) is 5.10 Å². The Kier molecular flexibility index (Phi) is 2.37. The third-order valence-corrected chi connectivity index (χ3v) is 3.52. The number of hydrogen-bond acceptors (Lipinski definition) is 4. The van der Waals surface area contributed by atoms with Crippen LogP contribution in [0, 0.1) is 6.92 Å². The average molecular weight is 222 g/mol. The topological polar surface area (TPSA) is 51.1 Å².